The quantitative estimate of drug-likeness (QED) is 0.434. The van der Waals surface area contributed by atoms with E-state index >= 15 is 0 Å². The molecule has 4 atom stereocenters. The molecule has 3 amide bonds. The van der Waals surface area contributed by atoms with Crippen LogP contribution in [0.3, 0.4) is 0 Å². The lowest BCUT2D eigenvalue weighted by Gasteiger charge is -2.23. The number of benzene rings is 1. The normalized spacial score (nSPS) is 22.8. The highest BCUT2D eigenvalue weighted by molar-refractivity contribution is 6.31. The standard InChI is InChI=1S/C21H23ClN2O5/c1-12(24-19(26)15-8-4-5-9-16(15)20(24)27)21(28)29-13(2)18(25)23-11-14-7-3-6-10-17(14)22/h3-7,10,12-13,15-16H,8-9,11H2,1-2H3,(H,23,25)/t12-,13+,15-,16-/m0/s1. The van der Waals surface area contributed by atoms with E-state index in [2.05, 4.69) is 5.32 Å². The van der Waals surface area contributed by atoms with E-state index in [-0.39, 0.29) is 18.4 Å². The number of esters is 1. The molecular formula is C21H23ClN2O5. The minimum Gasteiger partial charge on any atom is -0.451 e. The zero-order chi connectivity index (χ0) is 21.1. The minimum atomic E-state index is -1.08. The van der Waals surface area contributed by atoms with Crippen molar-refractivity contribution in [2.75, 3.05) is 0 Å². The smallest absolute Gasteiger partial charge is 0.329 e. The van der Waals surface area contributed by atoms with Crippen molar-refractivity contribution >= 4 is 35.3 Å². The zero-order valence-corrected chi connectivity index (χ0v) is 17.0. The summed E-state index contributed by atoms with van der Waals surface area (Å²) < 4.78 is 5.21. The van der Waals surface area contributed by atoms with Crippen molar-refractivity contribution in [3.8, 4) is 0 Å². The monoisotopic (exact) mass is 418 g/mol. The fourth-order valence-electron chi connectivity index (χ4n) is 3.61. The van der Waals surface area contributed by atoms with Crippen LogP contribution in [0.2, 0.25) is 5.02 Å². The number of likely N-dealkylation sites (tertiary alicyclic amines) is 1. The van der Waals surface area contributed by atoms with Crippen molar-refractivity contribution in [1.82, 2.24) is 10.2 Å². The number of hydrogen-bond donors (Lipinski definition) is 1. The Balaban J connectivity index is 1.56. The van der Waals surface area contributed by atoms with Crippen LogP contribution in [-0.2, 0) is 30.5 Å². The molecule has 1 aliphatic heterocycles. The van der Waals surface area contributed by atoms with Gasteiger partial charge in [0.2, 0.25) is 11.8 Å². The van der Waals surface area contributed by atoms with Gasteiger partial charge in [-0.15, -0.1) is 0 Å². The van der Waals surface area contributed by atoms with Gasteiger partial charge in [0.15, 0.2) is 6.10 Å². The number of halogens is 1. The Kier molecular flexibility index (Phi) is 6.37. The second kappa shape index (κ2) is 8.78. The molecular weight excluding hydrogens is 396 g/mol. The van der Waals surface area contributed by atoms with E-state index < -0.39 is 35.9 Å². The lowest BCUT2D eigenvalue weighted by atomic mass is 9.85. The zero-order valence-electron chi connectivity index (χ0n) is 16.3. The predicted molar refractivity (Wildman–Crippen MR) is 106 cm³/mol. The number of imide groups is 1. The van der Waals surface area contributed by atoms with Crippen molar-refractivity contribution in [2.45, 2.75) is 45.4 Å². The molecule has 1 fully saturated rings. The number of fused-ring (bicyclic) bond motifs is 1. The van der Waals surface area contributed by atoms with Gasteiger partial charge in [-0.1, -0.05) is 42.0 Å². The Morgan fingerprint density at radius 2 is 1.72 bits per heavy atom. The summed E-state index contributed by atoms with van der Waals surface area (Å²) in [6.07, 6.45) is 3.67. The number of nitrogens with one attached hydrogen (secondary N) is 1. The van der Waals surface area contributed by atoms with Gasteiger partial charge in [0.05, 0.1) is 11.8 Å². The third-order valence-electron chi connectivity index (χ3n) is 5.34. The molecule has 1 aromatic carbocycles. The van der Waals surface area contributed by atoms with Gasteiger partial charge >= 0.3 is 5.97 Å². The second-order valence-electron chi connectivity index (χ2n) is 7.27. The first-order valence-corrected chi connectivity index (χ1v) is 9.92. The molecule has 1 N–H and O–H groups in total. The highest BCUT2D eigenvalue weighted by Gasteiger charge is 2.50. The van der Waals surface area contributed by atoms with Gasteiger partial charge in [0.25, 0.3) is 5.91 Å². The fraction of sp³-hybridized carbons (Fsp3) is 0.429. The highest BCUT2D eigenvalue weighted by Crippen LogP contribution is 2.36. The molecule has 7 nitrogen and oxygen atoms in total. The number of carbonyl (C=O) groups is 4. The Hall–Kier alpha value is -2.67. The molecule has 1 heterocycles. The number of carbonyl (C=O) groups excluding carboxylic acids is 4. The number of rotatable bonds is 6. The Morgan fingerprint density at radius 3 is 2.31 bits per heavy atom. The first-order valence-electron chi connectivity index (χ1n) is 9.54. The van der Waals surface area contributed by atoms with E-state index in [1.54, 1.807) is 24.3 Å². The molecule has 0 aromatic heterocycles. The van der Waals surface area contributed by atoms with Gasteiger partial charge in [-0.3, -0.25) is 19.3 Å². The van der Waals surface area contributed by atoms with E-state index in [0.717, 1.165) is 10.5 Å². The maximum absolute atomic E-state index is 12.6. The summed E-state index contributed by atoms with van der Waals surface area (Å²) in [7, 11) is 0. The average molecular weight is 419 g/mol. The number of hydrogen-bond acceptors (Lipinski definition) is 5. The molecule has 0 bridgehead atoms. The summed E-state index contributed by atoms with van der Waals surface area (Å²) in [5.41, 5.74) is 0.735. The van der Waals surface area contributed by atoms with Gasteiger partial charge in [-0.25, -0.2) is 4.79 Å². The summed E-state index contributed by atoms with van der Waals surface area (Å²) in [5, 5.41) is 3.18. The van der Waals surface area contributed by atoms with Gasteiger partial charge in [-0.2, -0.15) is 0 Å². The summed E-state index contributed by atoms with van der Waals surface area (Å²) in [4.78, 5) is 50.9. The third-order valence-corrected chi connectivity index (χ3v) is 5.71. The van der Waals surface area contributed by atoms with E-state index in [0.29, 0.717) is 17.9 Å². The summed E-state index contributed by atoms with van der Waals surface area (Å²) in [6, 6.07) is 5.99. The van der Waals surface area contributed by atoms with Crippen LogP contribution in [0.15, 0.2) is 36.4 Å². The molecule has 1 aliphatic carbocycles. The molecule has 154 valence electrons. The molecule has 0 spiro atoms. The number of nitrogens with zero attached hydrogens (tertiary/aromatic N) is 1. The molecule has 0 saturated carbocycles. The first kappa shape index (κ1) is 21.0. The average Bonchev–Trinajstić information content (AvgIpc) is 2.97. The van der Waals surface area contributed by atoms with Crippen LogP contribution in [0.1, 0.15) is 32.3 Å². The Morgan fingerprint density at radius 1 is 1.14 bits per heavy atom. The lowest BCUT2D eigenvalue weighted by Crippen LogP contribution is -2.46. The topological polar surface area (TPSA) is 92.8 Å². The molecule has 1 saturated heterocycles. The highest BCUT2D eigenvalue weighted by atomic mass is 35.5. The molecule has 29 heavy (non-hydrogen) atoms. The molecule has 0 unspecified atom stereocenters. The van der Waals surface area contributed by atoms with Crippen molar-refractivity contribution in [1.29, 1.82) is 0 Å². The SMILES string of the molecule is C[C@@H](OC(=O)[C@H](C)N1C(=O)[C@H]2CC=CC[C@@H]2C1=O)C(=O)NCc1ccccc1Cl. The van der Waals surface area contributed by atoms with Crippen LogP contribution in [-0.4, -0.2) is 40.7 Å². The number of amides is 3. The van der Waals surface area contributed by atoms with Crippen LogP contribution in [0.25, 0.3) is 0 Å². The maximum atomic E-state index is 12.6. The van der Waals surface area contributed by atoms with Crippen molar-refractivity contribution in [2.24, 2.45) is 11.8 Å². The Labute approximate surface area is 174 Å². The van der Waals surface area contributed by atoms with Crippen molar-refractivity contribution in [3.63, 3.8) is 0 Å². The van der Waals surface area contributed by atoms with E-state index in [1.165, 1.54) is 13.8 Å². The number of allylic oxidation sites excluding steroid dienone is 2. The Bertz CT molecular complexity index is 842. The third kappa shape index (κ3) is 4.34. The van der Waals surface area contributed by atoms with Crippen LogP contribution in [0.5, 0.6) is 0 Å². The van der Waals surface area contributed by atoms with E-state index in [4.69, 9.17) is 16.3 Å². The molecule has 3 rings (SSSR count). The van der Waals surface area contributed by atoms with Gasteiger partial charge in [0, 0.05) is 11.6 Å². The summed E-state index contributed by atoms with van der Waals surface area (Å²) >= 11 is 6.05. The molecule has 2 aliphatic rings. The summed E-state index contributed by atoms with van der Waals surface area (Å²) in [5.74, 6) is -2.84. The minimum absolute atomic E-state index is 0.190. The maximum Gasteiger partial charge on any atom is 0.329 e. The van der Waals surface area contributed by atoms with Crippen LogP contribution in [0, 0.1) is 11.8 Å². The van der Waals surface area contributed by atoms with Gasteiger partial charge in [-0.05, 0) is 38.3 Å². The van der Waals surface area contributed by atoms with Gasteiger partial charge < -0.3 is 10.1 Å². The fourth-order valence-corrected chi connectivity index (χ4v) is 3.81. The van der Waals surface area contributed by atoms with Crippen molar-refractivity contribution in [3.05, 3.63) is 47.0 Å². The van der Waals surface area contributed by atoms with Crippen molar-refractivity contribution < 1.29 is 23.9 Å². The van der Waals surface area contributed by atoms with Gasteiger partial charge in [0.1, 0.15) is 6.04 Å². The van der Waals surface area contributed by atoms with E-state index in [9.17, 15) is 19.2 Å². The van der Waals surface area contributed by atoms with Crippen LogP contribution >= 0.6 is 11.6 Å². The van der Waals surface area contributed by atoms with Crippen LogP contribution in [0.4, 0.5) is 0 Å². The first-order chi connectivity index (χ1) is 13.8. The molecule has 0 radical (unpaired) electrons. The predicted octanol–water partition coefficient (Wildman–Crippen LogP) is 2.23. The molecule has 8 heteroatoms. The summed E-state index contributed by atoms with van der Waals surface area (Å²) in [6.45, 7) is 3.07. The second-order valence-corrected chi connectivity index (χ2v) is 7.67. The number of ether oxygens (including phenoxy) is 1. The largest absolute Gasteiger partial charge is 0.451 e. The lowest BCUT2D eigenvalue weighted by molar-refractivity contribution is -0.164. The van der Waals surface area contributed by atoms with E-state index in [1.807, 2.05) is 12.2 Å². The molecule has 1 aromatic rings. The van der Waals surface area contributed by atoms with Crippen LogP contribution < -0.4 is 5.32 Å².